The first-order valence-electron chi connectivity index (χ1n) is 5.52. The molecule has 96 valence electrons. The number of hydrogen-bond acceptors (Lipinski definition) is 5. The number of rotatable bonds is 5. The van der Waals surface area contributed by atoms with Crippen molar-refractivity contribution in [1.29, 1.82) is 0 Å². The lowest BCUT2D eigenvalue weighted by Gasteiger charge is -2.09. The van der Waals surface area contributed by atoms with E-state index in [1.165, 1.54) is 0 Å². The van der Waals surface area contributed by atoms with E-state index in [2.05, 4.69) is 0 Å². The smallest absolute Gasteiger partial charge is 0.320 e. The van der Waals surface area contributed by atoms with Gasteiger partial charge in [-0.15, -0.1) is 0 Å². The number of hydrogen-bond donors (Lipinski definition) is 3. The van der Waals surface area contributed by atoms with Gasteiger partial charge >= 0.3 is 5.97 Å². The lowest BCUT2D eigenvalue weighted by molar-refractivity contribution is -0.138. The molecule has 1 heterocycles. The van der Waals surface area contributed by atoms with Crippen molar-refractivity contribution in [2.75, 3.05) is 33.0 Å². The third kappa shape index (κ3) is 9.85. The Morgan fingerprint density at radius 3 is 2.00 bits per heavy atom. The van der Waals surface area contributed by atoms with E-state index in [-0.39, 0.29) is 0 Å². The van der Waals surface area contributed by atoms with Crippen molar-refractivity contribution < 1.29 is 19.4 Å². The second-order valence-electron chi connectivity index (χ2n) is 3.45. The summed E-state index contributed by atoms with van der Waals surface area (Å²) in [6.07, 6.45) is 2.16. The molecule has 0 aromatic heterocycles. The van der Waals surface area contributed by atoms with Crippen molar-refractivity contribution in [3.8, 4) is 0 Å². The van der Waals surface area contributed by atoms with Crippen LogP contribution in [0.1, 0.15) is 19.3 Å². The van der Waals surface area contributed by atoms with E-state index in [9.17, 15) is 4.79 Å². The fourth-order valence-electron chi connectivity index (χ4n) is 1.07. The van der Waals surface area contributed by atoms with Gasteiger partial charge in [-0.25, -0.2) is 0 Å². The van der Waals surface area contributed by atoms with Crippen LogP contribution in [0.15, 0.2) is 0 Å². The summed E-state index contributed by atoms with van der Waals surface area (Å²) in [5, 5.41) is 8.33. The van der Waals surface area contributed by atoms with Gasteiger partial charge in [0.1, 0.15) is 6.04 Å². The minimum atomic E-state index is -0.933. The number of nitrogens with two attached hydrogens (primary N) is 2. The van der Waals surface area contributed by atoms with E-state index in [1.807, 2.05) is 0 Å². The van der Waals surface area contributed by atoms with Crippen molar-refractivity contribution in [3.05, 3.63) is 0 Å². The fraction of sp³-hybridized carbons (Fsp3) is 0.900. The first-order chi connectivity index (χ1) is 7.68. The highest BCUT2D eigenvalue weighted by Gasteiger charge is 2.09. The largest absolute Gasteiger partial charge is 0.480 e. The molecular formula is C10H22N2O4. The van der Waals surface area contributed by atoms with Gasteiger partial charge in [-0.3, -0.25) is 4.79 Å². The van der Waals surface area contributed by atoms with Gasteiger partial charge in [0.05, 0.1) is 26.4 Å². The second-order valence-corrected chi connectivity index (χ2v) is 3.45. The Hall–Kier alpha value is -0.690. The minimum absolute atomic E-state index is 0.520. The first-order valence-corrected chi connectivity index (χ1v) is 5.52. The van der Waals surface area contributed by atoms with Crippen molar-refractivity contribution in [2.24, 2.45) is 11.5 Å². The molecule has 1 rings (SSSR count). The van der Waals surface area contributed by atoms with Crippen molar-refractivity contribution >= 4 is 5.97 Å². The predicted octanol–water partition coefficient (Wildman–Crippen LogP) is -0.439. The van der Waals surface area contributed by atoms with Gasteiger partial charge in [-0.2, -0.15) is 0 Å². The number of unbranched alkanes of at least 4 members (excludes halogenated alkanes) is 1. The molecule has 1 aliphatic heterocycles. The van der Waals surface area contributed by atoms with Crippen LogP contribution < -0.4 is 11.5 Å². The maximum absolute atomic E-state index is 10.1. The van der Waals surface area contributed by atoms with Gasteiger partial charge in [-0.05, 0) is 19.4 Å². The van der Waals surface area contributed by atoms with Crippen LogP contribution in [0.2, 0.25) is 0 Å². The Kier molecular flexibility index (Phi) is 10.3. The summed E-state index contributed by atoms with van der Waals surface area (Å²) < 4.78 is 9.89. The van der Waals surface area contributed by atoms with Gasteiger partial charge in [0.2, 0.25) is 0 Å². The summed E-state index contributed by atoms with van der Waals surface area (Å²) in [6.45, 7) is 3.71. The summed E-state index contributed by atoms with van der Waals surface area (Å²) in [5.41, 5.74) is 10.4. The van der Waals surface area contributed by atoms with E-state index in [4.69, 9.17) is 26.0 Å². The number of carboxylic acids is 1. The average molecular weight is 234 g/mol. The molecule has 0 aromatic carbocycles. The zero-order chi connectivity index (χ0) is 12.2. The van der Waals surface area contributed by atoms with Crippen molar-refractivity contribution in [2.45, 2.75) is 25.3 Å². The normalized spacial score (nSPS) is 17.1. The van der Waals surface area contributed by atoms with Gasteiger partial charge in [0.15, 0.2) is 0 Å². The molecule has 1 atom stereocenters. The third-order valence-electron chi connectivity index (χ3n) is 2.03. The van der Waals surface area contributed by atoms with Crippen LogP contribution in [0, 0.1) is 0 Å². The first kappa shape index (κ1) is 15.3. The van der Waals surface area contributed by atoms with Crippen LogP contribution in [-0.4, -0.2) is 50.1 Å². The van der Waals surface area contributed by atoms with Gasteiger partial charge in [0.25, 0.3) is 0 Å². The SMILES string of the molecule is C1COCCO1.NCCCCC(N)C(=O)O. The molecule has 6 nitrogen and oxygen atoms in total. The molecule has 1 fully saturated rings. The summed E-state index contributed by atoms with van der Waals surface area (Å²) in [4.78, 5) is 10.1. The Bertz CT molecular complexity index is 163. The average Bonchev–Trinajstić information content (AvgIpc) is 2.32. The van der Waals surface area contributed by atoms with Gasteiger partial charge < -0.3 is 26.0 Å². The Labute approximate surface area is 95.9 Å². The zero-order valence-electron chi connectivity index (χ0n) is 9.56. The van der Waals surface area contributed by atoms with E-state index < -0.39 is 12.0 Å². The highest BCUT2D eigenvalue weighted by Crippen LogP contribution is 1.96. The molecular weight excluding hydrogens is 212 g/mol. The lowest BCUT2D eigenvalue weighted by Crippen LogP contribution is -2.29. The molecule has 0 aliphatic carbocycles. The van der Waals surface area contributed by atoms with E-state index in [1.54, 1.807) is 0 Å². The molecule has 0 radical (unpaired) electrons. The molecule has 0 spiro atoms. The van der Waals surface area contributed by atoms with Crippen LogP contribution in [0.4, 0.5) is 0 Å². The molecule has 0 amide bonds. The van der Waals surface area contributed by atoms with E-state index in [0.29, 0.717) is 13.0 Å². The quantitative estimate of drug-likeness (QED) is 0.557. The Morgan fingerprint density at radius 1 is 1.19 bits per heavy atom. The standard InChI is InChI=1S/C6H14N2O2.C4H8O2/c7-4-2-1-3-5(8)6(9)10;1-2-6-4-3-5-1/h5H,1-4,7-8H2,(H,9,10);1-4H2. The summed E-state index contributed by atoms with van der Waals surface area (Å²) in [6, 6.07) is -0.716. The number of carboxylic acid groups (broad SMARTS) is 1. The summed E-state index contributed by atoms with van der Waals surface area (Å²) >= 11 is 0. The van der Waals surface area contributed by atoms with Crippen molar-refractivity contribution in [3.63, 3.8) is 0 Å². The fourth-order valence-corrected chi connectivity index (χ4v) is 1.07. The second kappa shape index (κ2) is 10.8. The molecule has 5 N–H and O–H groups in total. The zero-order valence-corrected chi connectivity index (χ0v) is 9.56. The maximum Gasteiger partial charge on any atom is 0.320 e. The van der Waals surface area contributed by atoms with E-state index >= 15 is 0 Å². The van der Waals surface area contributed by atoms with Crippen LogP contribution >= 0.6 is 0 Å². The predicted molar refractivity (Wildman–Crippen MR) is 60.2 cm³/mol. The molecule has 6 heteroatoms. The number of ether oxygens (including phenoxy) is 2. The molecule has 0 saturated carbocycles. The highest BCUT2D eigenvalue weighted by atomic mass is 16.6. The molecule has 1 aliphatic rings. The van der Waals surface area contributed by atoms with Gasteiger partial charge in [0, 0.05) is 0 Å². The molecule has 1 unspecified atom stereocenters. The molecule has 1 saturated heterocycles. The van der Waals surface area contributed by atoms with Crippen molar-refractivity contribution in [1.82, 2.24) is 0 Å². The monoisotopic (exact) mass is 234 g/mol. The molecule has 0 bridgehead atoms. The van der Waals surface area contributed by atoms with E-state index in [0.717, 1.165) is 39.3 Å². The number of carbonyl (C=O) groups is 1. The summed E-state index contributed by atoms with van der Waals surface area (Å²) in [5.74, 6) is -0.933. The van der Waals surface area contributed by atoms with Crippen LogP contribution in [0.25, 0.3) is 0 Å². The van der Waals surface area contributed by atoms with Crippen LogP contribution in [-0.2, 0) is 14.3 Å². The lowest BCUT2D eigenvalue weighted by atomic mass is 10.1. The highest BCUT2D eigenvalue weighted by molar-refractivity contribution is 5.72. The third-order valence-corrected chi connectivity index (χ3v) is 2.03. The molecule has 0 aromatic rings. The summed E-state index contributed by atoms with van der Waals surface area (Å²) in [7, 11) is 0. The Balaban J connectivity index is 0.000000315. The van der Waals surface area contributed by atoms with Crippen LogP contribution in [0.5, 0.6) is 0 Å². The molecule has 16 heavy (non-hydrogen) atoms. The van der Waals surface area contributed by atoms with Gasteiger partial charge in [-0.1, -0.05) is 6.42 Å². The maximum atomic E-state index is 10.1. The number of aliphatic carboxylic acids is 1. The Morgan fingerprint density at radius 2 is 1.69 bits per heavy atom. The van der Waals surface area contributed by atoms with Crippen LogP contribution in [0.3, 0.4) is 0 Å². The minimum Gasteiger partial charge on any atom is -0.480 e. The topological polar surface area (TPSA) is 108 Å².